The summed E-state index contributed by atoms with van der Waals surface area (Å²) in [4.78, 5) is 21.6. The van der Waals surface area contributed by atoms with Gasteiger partial charge in [-0.3, -0.25) is 4.79 Å². The van der Waals surface area contributed by atoms with Gasteiger partial charge in [0.15, 0.2) is 0 Å². The Balaban J connectivity index is 1.33. The van der Waals surface area contributed by atoms with Gasteiger partial charge in [-0.2, -0.15) is 0 Å². The molecule has 0 saturated heterocycles. The molecule has 1 N–H and O–H groups in total. The number of rotatable bonds is 5. The fraction of sp³-hybridized carbons (Fsp3) is 0.261. The minimum absolute atomic E-state index is 0.0690. The average molecular weight is 373 g/mol. The molecule has 1 atom stereocenters. The third kappa shape index (κ3) is 4.36. The van der Waals surface area contributed by atoms with E-state index in [2.05, 4.69) is 15.3 Å². The number of nitrogens with zero attached hydrogens (tertiary/aromatic N) is 2. The largest absolute Gasteiger partial charge is 0.493 e. The number of carbonyl (C=O) groups excluding carboxylic acids is 1. The first-order valence-corrected chi connectivity index (χ1v) is 9.65. The van der Waals surface area contributed by atoms with Crippen LogP contribution in [0.2, 0.25) is 0 Å². The van der Waals surface area contributed by atoms with Gasteiger partial charge in [0.1, 0.15) is 11.6 Å². The molecular formula is C23H23N3O2. The Labute approximate surface area is 164 Å². The second kappa shape index (κ2) is 8.65. The minimum atomic E-state index is -0.0692. The number of amides is 1. The lowest BCUT2D eigenvalue weighted by atomic mass is 9.96. The van der Waals surface area contributed by atoms with Crippen molar-refractivity contribution >= 4 is 5.91 Å². The van der Waals surface area contributed by atoms with Crippen molar-refractivity contribution in [2.24, 2.45) is 5.92 Å². The second-order valence-corrected chi connectivity index (χ2v) is 6.91. The molecule has 2 aromatic carbocycles. The number of hydrogen-bond acceptors (Lipinski definition) is 4. The first kappa shape index (κ1) is 18.2. The fourth-order valence-electron chi connectivity index (χ4n) is 3.45. The first-order chi connectivity index (χ1) is 13.8. The molecule has 1 unspecified atom stereocenters. The van der Waals surface area contributed by atoms with Crippen molar-refractivity contribution in [2.75, 3.05) is 13.2 Å². The summed E-state index contributed by atoms with van der Waals surface area (Å²) in [5, 5.41) is 3.04. The lowest BCUT2D eigenvalue weighted by molar-refractivity contribution is -0.125. The number of benzene rings is 2. The van der Waals surface area contributed by atoms with Crippen molar-refractivity contribution in [3.05, 3.63) is 78.2 Å². The summed E-state index contributed by atoms with van der Waals surface area (Å²) >= 11 is 0. The molecule has 0 aliphatic carbocycles. The fourth-order valence-corrected chi connectivity index (χ4v) is 3.45. The first-order valence-electron chi connectivity index (χ1n) is 9.65. The molecular weight excluding hydrogens is 350 g/mol. The zero-order valence-electron chi connectivity index (χ0n) is 15.7. The Morgan fingerprint density at radius 1 is 1.07 bits per heavy atom. The molecule has 142 valence electrons. The Morgan fingerprint density at radius 3 is 2.79 bits per heavy atom. The SMILES string of the molecule is O=C(NCCc1nccc(-c2ccccc2)n1)C1CCOc2ccccc2C1. The van der Waals surface area contributed by atoms with Crippen LogP contribution in [0, 0.1) is 5.92 Å². The highest BCUT2D eigenvalue weighted by Crippen LogP contribution is 2.26. The summed E-state index contributed by atoms with van der Waals surface area (Å²) in [6.07, 6.45) is 3.81. The molecule has 1 aliphatic heterocycles. The van der Waals surface area contributed by atoms with E-state index in [0.717, 1.165) is 34.8 Å². The molecule has 0 saturated carbocycles. The zero-order valence-corrected chi connectivity index (χ0v) is 15.7. The zero-order chi connectivity index (χ0) is 19.2. The van der Waals surface area contributed by atoms with Crippen LogP contribution in [0.5, 0.6) is 5.75 Å². The maximum absolute atomic E-state index is 12.6. The van der Waals surface area contributed by atoms with E-state index in [1.165, 1.54) is 0 Å². The molecule has 1 aromatic heterocycles. The Morgan fingerprint density at radius 2 is 1.89 bits per heavy atom. The van der Waals surface area contributed by atoms with Gasteiger partial charge in [-0.1, -0.05) is 48.5 Å². The van der Waals surface area contributed by atoms with Crippen LogP contribution in [-0.2, 0) is 17.6 Å². The maximum atomic E-state index is 12.6. The van der Waals surface area contributed by atoms with Gasteiger partial charge in [-0.25, -0.2) is 9.97 Å². The molecule has 5 heteroatoms. The molecule has 3 aromatic rings. The molecule has 28 heavy (non-hydrogen) atoms. The van der Waals surface area contributed by atoms with Gasteiger partial charge in [0, 0.05) is 30.6 Å². The van der Waals surface area contributed by atoms with Crippen LogP contribution < -0.4 is 10.1 Å². The van der Waals surface area contributed by atoms with E-state index in [-0.39, 0.29) is 11.8 Å². The van der Waals surface area contributed by atoms with E-state index in [1.807, 2.05) is 60.7 Å². The van der Waals surface area contributed by atoms with Gasteiger partial charge in [-0.05, 0) is 30.5 Å². The van der Waals surface area contributed by atoms with Gasteiger partial charge in [0.2, 0.25) is 5.91 Å². The van der Waals surface area contributed by atoms with E-state index in [4.69, 9.17) is 4.74 Å². The molecule has 2 heterocycles. The molecule has 0 bridgehead atoms. The van der Waals surface area contributed by atoms with Gasteiger partial charge < -0.3 is 10.1 Å². The Hall–Kier alpha value is -3.21. The van der Waals surface area contributed by atoms with E-state index in [1.54, 1.807) is 6.20 Å². The quantitative estimate of drug-likeness (QED) is 0.744. The molecule has 0 spiro atoms. The summed E-state index contributed by atoms with van der Waals surface area (Å²) in [7, 11) is 0. The van der Waals surface area contributed by atoms with Crippen LogP contribution in [0.4, 0.5) is 0 Å². The van der Waals surface area contributed by atoms with Crippen molar-refractivity contribution in [3.63, 3.8) is 0 Å². The van der Waals surface area contributed by atoms with Gasteiger partial charge >= 0.3 is 0 Å². The number of hydrogen-bond donors (Lipinski definition) is 1. The third-order valence-electron chi connectivity index (χ3n) is 4.96. The van der Waals surface area contributed by atoms with E-state index >= 15 is 0 Å². The van der Waals surface area contributed by atoms with Gasteiger partial charge in [0.25, 0.3) is 0 Å². The van der Waals surface area contributed by atoms with Crippen LogP contribution in [0.25, 0.3) is 11.3 Å². The highest BCUT2D eigenvalue weighted by molar-refractivity contribution is 5.79. The third-order valence-corrected chi connectivity index (χ3v) is 4.96. The smallest absolute Gasteiger partial charge is 0.223 e. The molecule has 0 radical (unpaired) electrons. The van der Waals surface area contributed by atoms with Crippen molar-refractivity contribution in [2.45, 2.75) is 19.3 Å². The number of fused-ring (bicyclic) bond motifs is 1. The van der Waals surface area contributed by atoms with E-state index < -0.39 is 0 Å². The topological polar surface area (TPSA) is 64.1 Å². The number of para-hydroxylation sites is 1. The highest BCUT2D eigenvalue weighted by atomic mass is 16.5. The summed E-state index contributed by atoms with van der Waals surface area (Å²) in [6, 6.07) is 19.9. The Bertz CT molecular complexity index is 943. The van der Waals surface area contributed by atoms with Gasteiger partial charge in [-0.15, -0.1) is 0 Å². The van der Waals surface area contributed by atoms with Crippen molar-refractivity contribution < 1.29 is 9.53 Å². The van der Waals surface area contributed by atoms with Crippen LogP contribution in [-0.4, -0.2) is 29.0 Å². The molecule has 1 amide bonds. The monoisotopic (exact) mass is 373 g/mol. The van der Waals surface area contributed by atoms with Crippen molar-refractivity contribution in [3.8, 4) is 17.0 Å². The van der Waals surface area contributed by atoms with Gasteiger partial charge in [0.05, 0.1) is 12.3 Å². The predicted octanol–water partition coefficient (Wildman–Crippen LogP) is 3.44. The van der Waals surface area contributed by atoms with Crippen LogP contribution in [0.15, 0.2) is 66.9 Å². The highest BCUT2D eigenvalue weighted by Gasteiger charge is 2.23. The van der Waals surface area contributed by atoms with E-state index in [9.17, 15) is 4.79 Å². The van der Waals surface area contributed by atoms with Crippen molar-refractivity contribution in [1.82, 2.24) is 15.3 Å². The van der Waals surface area contributed by atoms with E-state index in [0.29, 0.717) is 26.0 Å². The average Bonchev–Trinajstić information content (AvgIpc) is 2.97. The normalized spacial score (nSPS) is 15.8. The lowest BCUT2D eigenvalue weighted by Crippen LogP contribution is -2.33. The maximum Gasteiger partial charge on any atom is 0.223 e. The van der Waals surface area contributed by atoms with Crippen LogP contribution in [0.1, 0.15) is 17.8 Å². The minimum Gasteiger partial charge on any atom is -0.493 e. The lowest BCUT2D eigenvalue weighted by Gasteiger charge is -2.13. The standard InChI is InChI=1S/C23H23N3O2/c27-23(19-12-15-28-21-9-5-4-8-18(21)16-19)25-14-11-22-24-13-10-20(26-22)17-6-2-1-3-7-17/h1-10,13,19H,11-12,14-16H2,(H,25,27). The van der Waals surface area contributed by atoms with Crippen LogP contribution in [0.3, 0.4) is 0 Å². The number of carbonyl (C=O) groups is 1. The Kier molecular flexibility index (Phi) is 5.61. The molecule has 4 rings (SSSR count). The summed E-state index contributed by atoms with van der Waals surface area (Å²) in [5.41, 5.74) is 3.06. The summed E-state index contributed by atoms with van der Waals surface area (Å²) in [6.45, 7) is 1.09. The molecule has 0 fully saturated rings. The second-order valence-electron chi connectivity index (χ2n) is 6.91. The van der Waals surface area contributed by atoms with Crippen LogP contribution >= 0.6 is 0 Å². The number of ether oxygens (including phenoxy) is 1. The number of nitrogens with one attached hydrogen (secondary N) is 1. The molecule has 1 aliphatic rings. The number of aromatic nitrogens is 2. The molecule has 5 nitrogen and oxygen atoms in total. The summed E-state index contributed by atoms with van der Waals surface area (Å²) in [5.74, 6) is 1.62. The van der Waals surface area contributed by atoms with Crippen molar-refractivity contribution in [1.29, 1.82) is 0 Å². The predicted molar refractivity (Wildman–Crippen MR) is 108 cm³/mol. The summed E-state index contributed by atoms with van der Waals surface area (Å²) < 4.78 is 5.76.